The van der Waals surface area contributed by atoms with Crippen molar-refractivity contribution in [2.24, 2.45) is 11.1 Å². The van der Waals surface area contributed by atoms with Crippen LogP contribution in [-0.4, -0.2) is 19.0 Å². The third kappa shape index (κ3) is 4.85. The Balaban J connectivity index is 0.00000196. The fraction of sp³-hybridized carbons (Fsp3) is 0.909. The lowest BCUT2D eigenvalue weighted by molar-refractivity contribution is -0.119. The second kappa shape index (κ2) is 7.07. The largest absolute Gasteiger partial charge is 0.356 e. The molecule has 0 spiro atoms. The molecule has 3 nitrogen and oxygen atoms in total. The predicted molar refractivity (Wildman–Crippen MR) is 65.1 cm³/mol. The van der Waals surface area contributed by atoms with Crippen LogP contribution in [0.15, 0.2) is 0 Å². The van der Waals surface area contributed by atoms with E-state index in [1.165, 1.54) is 32.1 Å². The molecule has 15 heavy (non-hydrogen) atoms. The van der Waals surface area contributed by atoms with Gasteiger partial charge in [0.05, 0.1) is 0 Å². The van der Waals surface area contributed by atoms with Crippen molar-refractivity contribution in [3.05, 3.63) is 0 Å². The van der Waals surface area contributed by atoms with Crippen LogP contribution in [0.1, 0.15) is 45.4 Å². The molecule has 0 aromatic rings. The lowest BCUT2D eigenvalue weighted by Crippen LogP contribution is -2.36. The molecular weight excluding hydrogens is 212 g/mol. The predicted octanol–water partition coefficient (Wildman–Crippen LogP) is 1.84. The highest BCUT2D eigenvalue weighted by Gasteiger charge is 2.29. The number of nitrogens with two attached hydrogens (primary N) is 1. The standard InChI is InChI=1S/C11H22N2O.ClH/c1-10(14)13-8-7-11(9-12)5-3-2-4-6-11;/h2-9,12H2,1H3,(H,13,14);1H. The summed E-state index contributed by atoms with van der Waals surface area (Å²) < 4.78 is 0. The summed E-state index contributed by atoms with van der Waals surface area (Å²) in [5.41, 5.74) is 6.16. The smallest absolute Gasteiger partial charge is 0.216 e. The van der Waals surface area contributed by atoms with Gasteiger partial charge < -0.3 is 11.1 Å². The Morgan fingerprint density at radius 1 is 1.33 bits per heavy atom. The zero-order valence-electron chi connectivity index (χ0n) is 9.55. The summed E-state index contributed by atoms with van der Waals surface area (Å²) in [5, 5.41) is 2.86. The van der Waals surface area contributed by atoms with Gasteiger partial charge in [-0.2, -0.15) is 0 Å². The number of hydrogen-bond acceptors (Lipinski definition) is 2. The van der Waals surface area contributed by atoms with Gasteiger partial charge in [-0.1, -0.05) is 19.3 Å². The Morgan fingerprint density at radius 3 is 2.40 bits per heavy atom. The molecule has 0 heterocycles. The maximum Gasteiger partial charge on any atom is 0.216 e. The molecule has 0 aromatic heterocycles. The van der Waals surface area contributed by atoms with Gasteiger partial charge in [0.25, 0.3) is 0 Å². The van der Waals surface area contributed by atoms with Crippen LogP contribution in [0, 0.1) is 5.41 Å². The maximum atomic E-state index is 10.7. The number of carbonyl (C=O) groups is 1. The van der Waals surface area contributed by atoms with Crippen molar-refractivity contribution in [2.75, 3.05) is 13.1 Å². The minimum atomic E-state index is 0. The van der Waals surface area contributed by atoms with E-state index in [4.69, 9.17) is 5.73 Å². The van der Waals surface area contributed by atoms with Gasteiger partial charge in [-0.25, -0.2) is 0 Å². The van der Waals surface area contributed by atoms with Gasteiger partial charge in [-0.15, -0.1) is 12.4 Å². The van der Waals surface area contributed by atoms with E-state index in [-0.39, 0.29) is 18.3 Å². The van der Waals surface area contributed by atoms with Gasteiger partial charge in [-0.3, -0.25) is 4.79 Å². The first-order valence-electron chi connectivity index (χ1n) is 5.63. The van der Waals surface area contributed by atoms with Crippen molar-refractivity contribution >= 4 is 18.3 Å². The molecule has 1 fully saturated rings. The van der Waals surface area contributed by atoms with E-state index in [9.17, 15) is 4.79 Å². The van der Waals surface area contributed by atoms with Gasteiger partial charge in [0.1, 0.15) is 0 Å². The average Bonchev–Trinajstić information content (AvgIpc) is 2.19. The molecule has 4 heteroatoms. The summed E-state index contributed by atoms with van der Waals surface area (Å²) in [6, 6.07) is 0. The summed E-state index contributed by atoms with van der Waals surface area (Å²) in [5.74, 6) is 0.0629. The van der Waals surface area contributed by atoms with Crippen molar-refractivity contribution in [1.82, 2.24) is 5.32 Å². The molecule has 0 atom stereocenters. The maximum absolute atomic E-state index is 10.7. The van der Waals surface area contributed by atoms with E-state index < -0.39 is 0 Å². The second-order valence-corrected chi connectivity index (χ2v) is 4.50. The van der Waals surface area contributed by atoms with Crippen LogP contribution in [0.2, 0.25) is 0 Å². The minimum Gasteiger partial charge on any atom is -0.356 e. The topological polar surface area (TPSA) is 55.1 Å². The van der Waals surface area contributed by atoms with Crippen LogP contribution >= 0.6 is 12.4 Å². The first-order chi connectivity index (χ1) is 6.68. The van der Waals surface area contributed by atoms with Gasteiger partial charge in [0.15, 0.2) is 0 Å². The molecule has 0 saturated heterocycles. The Hall–Kier alpha value is -0.280. The van der Waals surface area contributed by atoms with E-state index in [1.54, 1.807) is 6.92 Å². The molecule has 1 aliphatic carbocycles. The molecular formula is C11H23ClN2O. The SMILES string of the molecule is CC(=O)NCCC1(CN)CCCCC1.Cl. The van der Waals surface area contributed by atoms with E-state index in [2.05, 4.69) is 5.32 Å². The summed E-state index contributed by atoms with van der Waals surface area (Å²) in [6.45, 7) is 3.12. The highest BCUT2D eigenvalue weighted by atomic mass is 35.5. The zero-order chi connectivity index (χ0) is 10.4. The fourth-order valence-electron chi connectivity index (χ4n) is 2.36. The van der Waals surface area contributed by atoms with Gasteiger partial charge in [0.2, 0.25) is 5.91 Å². The van der Waals surface area contributed by atoms with Crippen LogP contribution in [-0.2, 0) is 4.79 Å². The van der Waals surface area contributed by atoms with E-state index in [0.29, 0.717) is 5.41 Å². The van der Waals surface area contributed by atoms with Gasteiger partial charge >= 0.3 is 0 Å². The lowest BCUT2D eigenvalue weighted by Gasteiger charge is -2.36. The quantitative estimate of drug-likeness (QED) is 0.780. The van der Waals surface area contributed by atoms with Crippen molar-refractivity contribution in [2.45, 2.75) is 45.4 Å². The van der Waals surface area contributed by atoms with Gasteiger partial charge in [-0.05, 0) is 31.2 Å². The summed E-state index contributed by atoms with van der Waals surface area (Å²) in [4.78, 5) is 10.7. The minimum absolute atomic E-state index is 0. The summed E-state index contributed by atoms with van der Waals surface area (Å²) >= 11 is 0. The lowest BCUT2D eigenvalue weighted by atomic mass is 9.72. The normalized spacial score (nSPS) is 19.1. The Labute approximate surface area is 98.6 Å². The van der Waals surface area contributed by atoms with Crippen molar-refractivity contribution in [1.29, 1.82) is 0 Å². The van der Waals surface area contributed by atoms with Crippen LogP contribution in [0.3, 0.4) is 0 Å². The molecule has 0 aromatic carbocycles. The first kappa shape index (κ1) is 14.7. The Morgan fingerprint density at radius 2 is 1.93 bits per heavy atom. The molecule has 0 aliphatic heterocycles. The molecule has 1 amide bonds. The first-order valence-corrected chi connectivity index (χ1v) is 5.63. The summed E-state index contributed by atoms with van der Waals surface area (Å²) in [6.07, 6.45) is 7.48. The number of hydrogen-bond donors (Lipinski definition) is 2. The van der Waals surface area contributed by atoms with Crippen LogP contribution < -0.4 is 11.1 Å². The van der Waals surface area contributed by atoms with E-state index in [0.717, 1.165) is 19.5 Å². The number of nitrogens with one attached hydrogen (secondary N) is 1. The summed E-state index contributed by atoms with van der Waals surface area (Å²) in [7, 11) is 0. The molecule has 1 rings (SSSR count). The number of halogens is 1. The number of rotatable bonds is 4. The molecule has 0 radical (unpaired) electrons. The van der Waals surface area contributed by atoms with Crippen molar-refractivity contribution in [3.63, 3.8) is 0 Å². The molecule has 1 saturated carbocycles. The van der Waals surface area contributed by atoms with E-state index in [1.807, 2.05) is 0 Å². The number of carbonyl (C=O) groups excluding carboxylic acids is 1. The highest BCUT2D eigenvalue weighted by molar-refractivity contribution is 5.85. The molecule has 1 aliphatic rings. The monoisotopic (exact) mass is 234 g/mol. The van der Waals surface area contributed by atoms with Gasteiger partial charge in [0, 0.05) is 13.5 Å². The second-order valence-electron chi connectivity index (χ2n) is 4.50. The Bertz CT molecular complexity index is 191. The fourth-order valence-corrected chi connectivity index (χ4v) is 2.36. The van der Waals surface area contributed by atoms with Crippen LogP contribution in [0.25, 0.3) is 0 Å². The van der Waals surface area contributed by atoms with E-state index >= 15 is 0 Å². The molecule has 0 bridgehead atoms. The number of amides is 1. The van der Waals surface area contributed by atoms with Crippen molar-refractivity contribution < 1.29 is 4.79 Å². The third-order valence-corrected chi connectivity index (χ3v) is 3.38. The Kier molecular flexibility index (Phi) is 6.94. The molecule has 3 N–H and O–H groups in total. The van der Waals surface area contributed by atoms with Crippen LogP contribution in [0.5, 0.6) is 0 Å². The third-order valence-electron chi connectivity index (χ3n) is 3.38. The molecule has 90 valence electrons. The molecule has 0 unspecified atom stereocenters. The zero-order valence-corrected chi connectivity index (χ0v) is 10.4. The van der Waals surface area contributed by atoms with Crippen molar-refractivity contribution in [3.8, 4) is 0 Å². The average molecular weight is 235 g/mol. The van der Waals surface area contributed by atoms with Crippen LogP contribution in [0.4, 0.5) is 0 Å². The highest BCUT2D eigenvalue weighted by Crippen LogP contribution is 2.37.